The summed E-state index contributed by atoms with van der Waals surface area (Å²) in [7, 11) is 0. The first kappa shape index (κ1) is 18.6. The molecule has 0 bridgehead atoms. The fourth-order valence-corrected chi connectivity index (χ4v) is 3.56. The van der Waals surface area contributed by atoms with Crippen molar-refractivity contribution < 1.29 is 14.7 Å². The molecule has 0 saturated carbocycles. The van der Waals surface area contributed by atoms with E-state index in [-0.39, 0.29) is 6.42 Å². The highest BCUT2D eigenvalue weighted by molar-refractivity contribution is 6.35. The smallest absolute Gasteiger partial charge is 0.326 e. The van der Waals surface area contributed by atoms with E-state index in [4.69, 9.17) is 34.8 Å². The Morgan fingerprint density at radius 1 is 1.08 bits per heavy atom. The number of urea groups is 1. The van der Waals surface area contributed by atoms with Crippen LogP contribution in [0.5, 0.6) is 0 Å². The lowest BCUT2D eigenvalue weighted by Crippen LogP contribution is -2.42. The van der Waals surface area contributed by atoms with Crippen molar-refractivity contribution >= 4 is 58.2 Å². The largest absolute Gasteiger partial charge is 0.480 e. The Labute approximate surface area is 164 Å². The second-order valence-electron chi connectivity index (χ2n) is 5.78. The molecule has 1 aliphatic heterocycles. The van der Waals surface area contributed by atoms with Crippen LogP contribution < -0.4 is 16.0 Å². The molecule has 4 N–H and O–H groups in total. The zero-order chi connectivity index (χ0) is 18.8. The summed E-state index contributed by atoms with van der Waals surface area (Å²) in [4.78, 5) is 23.8. The van der Waals surface area contributed by atoms with Crippen LogP contribution in [0.15, 0.2) is 36.4 Å². The minimum absolute atomic E-state index is 0.137. The summed E-state index contributed by atoms with van der Waals surface area (Å²) in [5.74, 6) is -1.03. The van der Waals surface area contributed by atoms with Crippen molar-refractivity contribution in [3.63, 3.8) is 0 Å². The van der Waals surface area contributed by atoms with Gasteiger partial charge in [-0.05, 0) is 36.4 Å². The number of benzene rings is 2. The van der Waals surface area contributed by atoms with E-state index in [1.54, 1.807) is 36.4 Å². The zero-order valence-corrected chi connectivity index (χ0v) is 15.5. The van der Waals surface area contributed by atoms with E-state index >= 15 is 0 Å². The predicted molar refractivity (Wildman–Crippen MR) is 102 cm³/mol. The fourth-order valence-electron chi connectivity index (χ4n) is 2.81. The molecule has 2 amide bonds. The van der Waals surface area contributed by atoms with Gasteiger partial charge in [0.1, 0.15) is 6.04 Å². The molecule has 0 aliphatic carbocycles. The summed E-state index contributed by atoms with van der Waals surface area (Å²) in [5, 5.41) is 18.9. The average Bonchev–Trinajstić information content (AvgIpc) is 2.55. The third-order valence-corrected chi connectivity index (χ3v) is 4.73. The third-order valence-electron chi connectivity index (χ3n) is 3.95. The average molecular weight is 415 g/mol. The van der Waals surface area contributed by atoms with Crippen LogP contribution in [0.3, 0.4) is 0 Å². The van der Waals surface area contributed by atoms with Crippen LogP contribution in [-0.4, -0.2) is 23.1 Å². The molecule has 0 saturated heterocycles. The number of halogens is 3. The summed E-state index contributed by atoms with van der Waals surface area (Å²) in [5.41, 5.74) is 1.64. The monoisotopic (exact) mass is 413 g/mol. The van der Waals surface area contributed by atoms with Gasteiger partial charge < -0.3 is 21.1 Å². The molecule has 26 heavy (non-hydrogen) atoms. The number of carboxylic acids is 1. The van der Waals surface area contributed by atoms with E-state index in [9.17, 15) is 14.7 Å². The van der Waals surface area contributed by atoms with Crippen LogP contribution in [-0.2, 0) is 4.79 Å². The van der Waals surface area contributed by atoms with E-state index in [0.29, 0.717) is 32.0 Å². The summed E-state index contributed by atoms with van der Waals surface area (Å²) in [6, 6.07) is 7.80. The SMILES string of the molecule is O=C(Nc1ccc(Cl)cc1)N[C@H]1C[C@H](C(=O)O)Nc2cc(Cl)cc(Cl)c21. The quantitative estimate of drug-likeness (QED) is 0.582. The first-order valence-corrected chi connectivity index (χ1v) is 8.78. The maximum atomic E-state index is 12.3. The van der Waals surface area contributed by atoms with E-state index < -0.39 is 24.1 Å². The molecule has 136 valence electrons. The highest BCUT2D eigenvalue weighted by atomic mass is 35.5. The molecule has 0 unspecified atom stereocenters. The maximum Gasteiger partial charge on any atom is 0.326 e. The molecule has 2 aromatic rings. The van der Waals surface area contributed by atoms with Crippen molar-refractivity contribution in [3.8, 4) is 0 Å². The molecule has 1 aliphatic rings. The third kappa shape index (κ3) is 4.15. The van der Waals surface area contributed by atoms with E-state index in [1.807, 2.05) is 0 Å². The van der Waals surface area contributed by atoms with Gasteiger partial charge in [-0.3, -0.25) is 0 Å². The van der Waals surface area contributed by atoms with Gasteiger partial charge in [-0.25, -0.2) is 9.59 Å². The van der Waals surface area contributed by atoms with Crippen LogP contribution in [0, 0.1) is 0 Å². The molecule has 2 aromatic carbocycles. The Kier molecular flexibility index (Phi) is 5.46. The van der Waals surface area contributed by atoms with Crippen molar-refractivity contribution in [2.45, 2.75) is 18.5 Å². The first-order chi connectivity index (χ1) is 12.3. The van der Waals surface area contributed by atoms with E-state index in [0.717, 1.165) is 0 Å². The first-order valence-electron chi connectivity index (χ1n) is 7.65. The fraction of sp³-hybridized carbons (Fsp3) is 0.176. The Morgan fingerprint density at radius 2 is 1.77 bits per heavy atom. The van der Waals surface area contributed by atoms with Gasteiger partial charge in [0.25, 0.3) is 0 Å². The molecule has 2 atom stereocenters. The van der Waals surface area contributed by atoms with Crippen molar-refractivity contribution in [2.75, 3.05) is 10.6 Å². The lowest BCUT2D eigenvalue weighted by atomic mass is 9.93. The number of nitrogens with one attached hydrogen (secondary N) is 3. The number of carboxylic acid groups (broad SMARTS) is 1. The number of amides is 2. The van der Waals surface area contributed by atoms with Gasteiger partial charge in [-0.1, -0.05) is 34.8 Å². The van der Waals surface area contributed by atoms with Crippen molar-refractivity contribution in [2.24, 2.45) is 0 Å². The Balaban J connectivity index is 1.83. The number of rotatable bonds is 3. The zero-order valence-electron chi connectivity index (χ0n) is 13.2. The molecular weight excluding hydrogens is 401 g/mol. The van der Waals surface area contributed by atoms with Crippen LogP contribution >= 0.6 is 34.8 Å². The lowest BCUT2D eigenvalue weighted by molar-refractivity contribution is -0.138. The van der Waals surface area contributed by atoms with Gasteiger partial charge in [0.15, 0.2) is 0 Å². The van der Waals surface area contributed by atoms with E-state index in [1.165, 1.54) is 0 Å². The topological polar surface area (TPSA) is 90.5 Å². The van der Waals surface area contributed by atoms with Crippen LogP contribution in [0.2, 0.25) is 15.1 Å². The van der Waals surface area contributed by atoms with E-state index in [2.05, 4.69) is 16.0 Å². The summed E-state index contributed by atoms with van der Waals surface area (Å²) in [6.07, 6.45) is 0.137. The van der Waals surface area contributed by atoms with Crippen molar-refractivity contribution in [1.82, 2.24) is 5.32 Å². The number of fused-ring (bicyclic) bond motifs is 1. The van der Waals surface area contributed by atoms with Gasteiger partial charge in [0, 0.05) is 38.4 Å². The lowest BCUT2D eigenvalue weighted by Gasteiger charge is -2.32. The minimum atomic E-state index is -1.03. The van der Waals surface area contributed by atoms with Gasteiger partial charge in [0.2, 0.25) is 0 Å². The number of anilines is 2. The van der Waals surface area contributed by atoms with Gasteiger partial charge in [-0.2, -0.15) is 0 Å². The molecule has 1 heterocycles. The molecule has 3 rings (SSSR count). The van der Waals surface area contributed by atoms with Crippen molar-refractivity contribution in [1.29, 1.82) is 0 Å². The normalized spacial score (nSPS) is 18.4. The predicted octanol–water partition coefficient (Wildman–Crippen LogP) is 4.78. The molecule has 6 nitrogen and oxygen atoms in total. The number of hydrogen-bond acceptors (Lipinski definition) is 3. The molecule has 0 radical (unpaired) electrons. The molecule has 0 aromatic heterocycles. The summed E-state index contributed by atoms with van der Waals surface area (Å²) < 4.78 is 0. The second-order valence-corrected chi connectivity index (χ2v) is 7.06. The Bertz CT molecular complexity index is 858. The van der Waals surface area contributed by atoms with Gasteiger partial charge in [-0.15, -0.1) is 0 Å². The highest BCUT2D eigenvalue weighted by Gasteiger charge is 2.33. The van der Waals surface area contributed by atoms with Crippen LogP contribution in [0.25, 0.3) is 0 Å². The Morgan fingerprint density at radius 3 is 2.42 bits per heavy atom. The molecule has 0 fully saturated rings. The number of carbonyl (C=O) groups is 2. The van der Waals surface area contributed by atoms with Gasteiger partial charge >= 0.3 is 12.0 Å². The number of hydrogen-bond donors (Lipinski definition) is 4. The maximum absolute atomic E-state index is 12.3. The minimum Gasteiger partial charge on any atom is -0.480 e. The number of carbonyl (C=O) groups excluding carboxylic acids is 1. The van der Waals surface area contributed by atoms with Crippen LogP contribution in [0.1, 0.15) is 18.0 Å². The Hall–Kier alpha value is -2.15. The summed E-state index contributed by atoms with van der Waals surface area (Å²) in [6.45, 7) is 0. The highest BCUT2D eigenvalue weighted by Crippen LogP contribution is 2.39. The second kappa shape index (κ2) is 7.61. The number of aliphatic carboxylic acids is 1. The van der Waals surface area contributed by atoms with Crippen LogP contribution in [0.4, 0.5) is 16.2 Å². The molecule has 0 spiro atoms. The molecule has 9 heteroatoms. The summed E-state index contributed by atoms with van der Waals surface area (Å²) >= 11 is 18.1. The standard InChI is InChI=1S/C17H14Cl3N3O3/c18-8-1-3-10(4-2-8)21-17(26)23-13-7-14(16(24)25)22-12-6-9(19)5-11(20)15(12)13/h1-6,13-14,22H,7H2,(H,24,25)(H2,21,23,26)/t13-,14+/m0/s1. The van der Waals surface area contributed by atoms with Crippen molar-refractivity contribution in [3.05, 3.63) is 57.0 Å². The molecular formula is C17H14Cl3N3O3. The van der Waals surface area contributed by atoms with Gasteiger partial charge in [0.05, 0.1) is 6.04 Å².